The van der Waals surface area contributed by atoms with Crippen LogP contribution in [-0.2, 0) is 17.6 Å². The molecule has 0 aliphatic carbocycles. The van der Waals surface area contributed by atoms with Crippen molar-refractivity contribution in [2.75, 3.05) is 25.0 Å². The Morgan fingerprint density at radius 2 is 1.79 bits per heavy atom. The van der Waals surface area contributed by atoms with E-state index in [-0.39, 0.29) is 0 Å². The zero-order chi connectivity index (χ0) is 20.7. The van der Waals surface area contributed by atoms with Crippen molar-refractivity contribution in [3.05, 3.63) is 65.7 Å². The van der Waals surface area contributed by atoms with Crippen LogP contribution in [0.5, 0.6) is 0 Å². The van der Waals surface area contributed by atoms with Crippen LogP contribution in [0.25, 0.3) is 0 Å². The largest absolute Gasteiger partial charge is 0.444 e. The van der Waals surface area contributed by atoms with Gasteiger partial charge in [-0.05, 0) is 82.2 Å². The Hall–Kier alpha value is -2.33. The molecule has 0 spiro atoms. The van der Waals surface area contributed by atoms with E-state index < -0.39 is 11.7 Å². The van der Waals surface area contributed by atoms with Gasteiger partial charge in [0.05, 0.1) is 0 Å². The van der Waals surface area contributed by atoms with Gasteiger partial charge < -0.3 is 9.64 Å². The van der Waals surface area contributed by atoms with E-state index >= 15 is 0 Å². The molecular weight excluding hydrogens is 360 g/mol. The molecule has 1 aliphatic heterocycles. The molecule has 156 valence electrons. The molecule has 4 heteroatoms. The molecule has 1 N–H and O–H groups in total. The lowest BCUT2D eigenvalue weighted by Gasteiger charge is -2.33. The van der Waals surface area contributed by atoms with Crippen molar-refractivity contribution < 1.29 is 9.53 Å². The summed E-state index contributed by atoms with van der Waals surface area (Å²) in [6.07, 6.45) is 4.42. The minimum absolute atomic E-state index is 0.414. The maximum atomic E-state index is 11.9. The molecule has 0 aromatic heterocycles. The van der Waals surface area contributed by atoms with E-state index in [2.05, 4.69) is 52.7 Å². The second-order valence-electron chi connectivity index (χ2n) is 9.07. The van der Waals surface area contributed by atoms with Gasteiger partial charge in [0.25, 0.3) is 0 Å². The molecule has 0 saturated carbocycles. The summed E-state index contributed by atoms with van der Waals surface area (Å²) in [5.41, 5.74) is 3.03. The standard InChI is InChI=1S/C25H34N2O2/c1-25(2,3)29-24(28)26-23-13-11-20(12-14-23)15-17-27-16-7-10-22(19-27)18-21-8-5-4-6-9-21/h4-6,8-9,11-14,22H,7,10,15-19H2,1-3H3,(H,26,28). The number of hydrogen-bond donors (Lipinski definition) is 1. The van der Waals surface area contributed by atoms with Gasteiger partial charge in [0.1, 0.15) is 5.60 Å². The number of likely N-dealkylation sites (tertiary alicyclic amines) is 1. The first-order valence-corrected chi connectivity index (χ1v) is 10.7. The number of rotatable bonds is 6. The van der Waals surface area contributed by atoms with Crippen LogP contribution in [0.2, 0.25) is 0 Å². The number of nitrogens with zero attached hydrogens (tertiary/aromatic N) is 1. The summed E-state index contributed by atoms with van der Waals surface area (Å²) in [6.45, 7) is 9.06. The quantitative estimate of drug-likeness (QED) is 0.700. The van der Waals surface area contributed by atoms with Crippen molar-refractivity contribution in [2.45, 2.75) is 52.1 Å². The van der Waals surface area contributed by atoms with Gasteiger partial charge in [0, 0.05) is 18.8 Å². The first-order chi connectivity index (χ1) is 13.9. The maximum Gasteiger partial charge on any atom is 0.412 e. The number of carbonyl (C=O) groups is 1. The van der Waals surface area contributed by atoms with E-state index in [1.807, 2.05) is 32.9 Å². The number of anilines is 1. The first kappa shape index (κ1) is 21.4. The topological polar surface area (TPSA) is 41.6 Å². The Morgan fingerprint density at radius 3 is 2.48 bits per heavy atom. The molecule has 0 bridgehead atoms. The van der Waals surface area contributed by atoms with E-state index in [0.29, 0.717) is 0 Å². The number of ether oxygens (including phenoxy) is 1. The van der Waals surface area contributed by atoms with Gasteiger partial charge in [-0.2, -0.15) is 0 Å². The molecule has 4 nitrogen and oxygen atoms in total. The third-order valence-corrected chi connectivity index (χ3v) is 5.29. The van der Waals surface area contributed by atoms with Crippen LogP contribution in [0.3, 0.4) is 0 Å². The van der Waals surface area contributed by atoms with Crippen LogP contribution in [-0.4, -0.2) is 36.2 Å². The highest BCUT2D eigenvalue weighted by atomic mass is 16.6. The Bertz CT molecular complexity index is 766. The van der Waals surface area contributed by atoms with E-state index in [0.717, 1.165) is 24.6 Å². The molecular formula is C25H34N2O2. The average molecular weight is 395 g/mol. The highest BCUT2D eigenvalue weighted by Gasteiger charge is 2.20. The zero-order valence-corrected chi connectivity index (χ0v) is 18.0. The Labute approximate surface area is 175 Å². The van der Waals surface area contributed by atoms with Gasteiger partial charge in [-0.3, -0.25) is 5.32 Å². The molecule has 1 saturated heterocycles. The van der Waals surface area contributed by atoms with Crippen molar-refractivity contribution in [2.24, 2.45) is 5.92 Å². The van der Waals surface area contributed by atoms with Gasteiger partial charge in [0.15, 0.2) is 0 Å². The van der Waals surface area contributed by atoms with Crippen LogP contribution in [0.15, 0.2) is 54.6 Å². The molecule has 2 aromatic carbocycles. The summed E-state index contributed by atoms with van der Waals surface area (Å²) in [4.78, 5) is 14.5. The zero-order valence-electron chi connectivity index (χ0n) is 18.0. The molecule has 29 heavy (non-hydrogen) atoms. The SMILES string of the molecule is CC(C)(C)OC(=O)Nc1ccc(CCN2CCCC(Cc3ccccc3)C2)cc1. The predicted octanol–water partition coefficient (Wildman–Crippen LogP) is 5.53. The van der Waals surface area contributed by atoms with Crippen molar-refractivity contribution in [1.82, 2.24) is 4.90 Å². The summed E-state index contributed by atoms with van der Waals surface area (Å²) in [5, 5.41) is 2.79. The lowest BCUT2D eigenvalue weighted by Crippen LogP contribution is -2.37. The third-order valence-electron chi connectivity index (χ3n) is 5.29. The summed E-state index contributed by atoms with van der Waals surface area (Å²) in [5.74, 6) is 0.756. The summed E-state index contributed by atoms with van der Waals surface area (Å²) in [6, 6.07) is 18.9. The van der Waals surface area contributed by atoms with Crippen LogP contribution >= 0.6 is 0 Å². The molecule has 1 amide bonds. The monoisotopic (exact) mass is 394 g/mol. The molecule has 1 fully saturated rings. The first-order valence-electron chi connectivity index (χ1n) is 10.7. The third kappa shape index (κ3) is 7.54. The van der Waals surface area contributed by atoms with Crippen LogP contribution in [0.4, 0.5) is 10.5 Å². The highest BCUT2D eigenvalue weighted by molar-refractivity contribution is 5.84. The minimum Gasteiger partial charge on any atom is -0.444 e. The number of amides is 1. The summed E-state index contributed by atoms with van der Waals surface area (Å²) in [7, 11) is 0. The van der Waals surface area contributed by atoms with Crippen molar-refractivity contribution in [3.8, 4) is 0 Å². The lowest BCUT2D eigenvalue weighted by molar-refractivity contribution is 0.0636. The number of piperidine rings is 1. The molecule has 3 rings (SSSR count). The van der Waals surface area contributed by atoms with Crippen molar-refractivity contribution >= 4 is 11.8 Å². The fraction of sp³-hybridized carbons (Fsp3) is 0.480. The van der Waals surface area contributed by atoms with E-state index in [4.69, 9.17) is 4.74 Å². The number of benzene rings is 2. The number of carbonyl (C=O) groups excluding carboxylic acids is 1. The Balaban J connectivity index is 1.44. The molecule has 1 atom stereocenters. The van der Waals surface area contributed by atoms with Gasteiger partial charge in [-0.15, -0.1) is 0 Å². The van der Waals surface area contributed by atoms with Crippen LogP contribution in [0.1, 0.15) is 44.7 Å². The Morgan fingerprint density at radius 1 is 1.07 bits per heavy atom. The van der Waals surface area contributed by atoms with E-state index in [9.17, 15) is 4.79 Å². The molecule has 0 radical (unpaired) electrons. The fourth-order valence-corrected chi connectivity index (χ4v) is 3.93. The lowest BCUT2D eigenvalue weighted by atomic mass is 9.91. The molecule has 1 aliphatic rings. The van der Waals surface area contributed by atoms with Crippen LogP contribution < -0.4 is 5.32 Å². The predicted molar refractivity (Wildman–Crippen MR) is 119 cm³/mol. The van der Waals surface area contributed by atoms with Gasteiger partial charge in [-0.1, -0.05) is 42.5 Å². The molecule has 1 unspecified atom stereocenters. The van der Waals surface area contributed by atoms with Gasteiger partial charge >= 0.3 is 6.09 Å². The smallest absolute Gasteiger partial charge is 0.412 e. The van der Waals surface area contributed by atoms with Crippen molar-refractivity contribution in [1.29, 1.82) is 0 Å². The average Bonchev–Trinajstić information content (AvgIpc) is 2.67. The van der Waals surface area contributed by atoms with Crippen LogP contribution in [0, 0.1) is 5.92 Å². The minimum atomic E-state index is -0.489. The van der Waals surface area contributed by atoms with E-state index in [1.165, 1.54) is 43.5 Å². The number of nitrogens with one attached hydrogen (secondary N) is 1. The maximum absolute atomic E-state index is 11.9. The van der Waals surface area contributed by atoms with Gasteiger partial charge in [0.2, 0.25) is 0 Å². The second kappa shape index (κ2) is 9.93. The summed E-state index contributed by atoms with van der Waals surface area (Å²) >= 11 is 0. The van der Waals surface area contributed by atoms with Crippen molar-refractivity contribution in [3.63, 3.8) is 0 Å². The second-order valence-corrected chi connectivity index (χ2v) is 9.07. The number of hydrogen-bond acceptors (Lipinski definition) is 3. The highest BCUT2D eigenvalue weighted by Crippen LogP contribution is 2.21. The molecule has 1 heterocycles. The molecule has 2 aromatic rings. The fourth-order valence-electron chi connectivity index (χ4n) is 3.93. The van der Waals surface area contributed by atoms with Gasteiger partial charge in [-0.25, -0.2) is 4.79 Å². The normalized spacial score (nSPS) is 17.7. The summed E-state index contributed by atoms with van der Waals surface area (Å²) < 4.78 is 5.29. The Kier molecular flexibility index (Phi) is 7.32. The van der Waals surface area contributed by atoms with E-state index in [1.54, 1.807) is 0 Å².